The Morgan fingerprint density at radius 3 is 2.55 bits per heavy atom. The number of halogens is 2. The second kappa shape index (κ2) is 7.81. The molecule has 0 amide bonds. The number of benzene rings is 1. The Morgan fingerprint density at radius 1 is 1.20 bits per heavy atom. The van der Waals surface area contributed by atoms with Crippen molar-refractivity contribution in [3.8, 4) is 5.75 Å². The number of phenolic OH excluding ortho intramolecular Hbond substituents is 1. The van der Waals surface area contributed by atoms with E-state index in [1.165, 1.54) is 32.1 Å². The molecule has 1 N–H and O–H groups in total. The van der Waals surface area contributed by atoms with Gasteiger partial charge >= 0.3 is 0 Å². The molecule has 0 unspecified atom stereocenters. The molecule has 0 spiro atoms. The van der Waals surface area contributed by atoms with Gasteiger partial charge in [-0.25, -0.2) is 0 Å². The van der Waals surface area contributed by atoms with E-state index in [1.807, 2.05) is 12.1 Å². The van der Waals surface area contributed by atoms with Crippen LogP contribution < -0.4 is 0 Å². The van der Waals surface area contributed by atoms with Crippen LogP contribution in [0.15, 0.2) is 21.1 Å². The van der Waals surface area contributed by atoms with Gasteiger partial charge in [-0.2, -0.15) is 0 Å². The molecule has 0 radical (unpaired) electrons. The lowest BCUT2D eigenvalue weighted by Gasteiger charge is -2.34. The molecule has 1 fully saturated rings. The molecule has 0 aromatic heterocycles. The molecule has 2 rings (SSSR count). The Labute approximate surface area is 138 Å². The van der Waals surface area contributed by atoms with E-state index < -0.39 is 0 Å². The topological polar surface area (TPSA) is 23.5 Å². The maximum absolute atomic E-state index is 10.2. The van der Waals surface area contributed by atoms with E-state index in [2.05, 4.69) is 43.7 Å². The maximum Gasteiger partial charge on any atom is 0.134 e. The second-order valence-corrected chi connectivity index (χ2v) is 7.43. The lowest BCUT2D eigenvalue weighted by atomic mass is 9.93. The van der Waals surface area contributed by atoms with Crippen molar-refractivity contribution in [2.24, 2.45) is 0 Å². The highest BCUT2D eigenvalue weighted by molar-refractivity contribution is 9.11. The molecule has 0 heterocycles. The van der Waals surface area contributed by atoms with E-state index >= 15 is 0 Å². The minimum atomic E-state index is 0.380. The van der Waals surface area contributed by atoms with Crippen molar-refractivity contribution in [3.63, 3.8) is 0 Å². The van der Waals surface area contributed by atoms with E-state index in [0.29, 0.717) is 11.8 Å². The Bertz CT molecular complexity index is 444. The molecule has 1 aliphatic rings. The predicted molar refractivity (Wildman–Crippen MR) is 91.1 cm³/mol. The third-order valence-electron chi connectivity index (χ3n) is 4.08. The van der Waals surface area contributed by atoms with Crippen LogP contribution >= 0.6 is 31.9 Å². The monoisotopic (exact) mass is 403 g/mol. The van der Waals surface area contributed by atoms with Crippen molar-refractivity contribution < 1.29 is 5.11 Å². The minimum Gasteiger partial charge on any atom is -0.506 e. The summed E-state index contributed by atoms with van der Waals surface area (Å²) in [4.78, 5) is 2.55. The van der Waals surface area contributed by atoms with E-state index in [9.17, 15) is 5.11 Å². The normalized spacial score (nSPS) is 16.8. The molecule has 1 aromatic rings. The first-order valence-electron chi connectivity index (χ1n) is 7.52. The smallest absolute Gasteiger partial charge is 0.134 e. The lowest BCUT2D eigenvalue weighted by Crippen LogP contribution is -2.36. The van der Waals surface area contributed by atoms with Crippen molar-refractivity contribution >= 4 is 31.9 Å². The van der Waals surface area contributed by atoms with Crippen LogP contribution in [0.2, 0.25) is 0 Å². The van der Waals surface area contributed by atoms with Gasteiger partial charge in [0.15, 0.2) is 0 Å². The first-order valence-corrected chi connectivity index (χ1v) is 9.11. The molecular weight excluding hydrogens is 382 g/mol. The average Bonchev–Trinajstić information content (AvgIpc) is 2.44. The Kier molecular flexibility index (Phi) is 6.37. The standard InChI is InChI=1S/C16H23Br2NO/c1-2-8-19(14-6-4-3-5-7-14)11-12-9-13(17)10-15(18)16(12)20/h9-10,14,20H,2-8,11H2,1H3. The van der Waals surface area contributed by atoms with Crippen molar-refractivity contribution in [3.05, 3.63) is 26.6 Å². The number of nitrogens with zero attached hydrogens (tertiary/aromatic N) is 1. The highest BCUT2D eigenvalue weighted by Gasteiger charge is 2.22. The predicted octanol–water partition coefficient (Wildman–Crippen LogP) is 5.46. The number of hydrogen-bond donors (Lipinski definition) is 1. The van der Waals surface area contributed by atoms with E-state index in [-0.39, 0.29) is 0 Å². The van der Waals surface area contributed by atoms with Gasteiger partial charge in [0.2, 0.25) is 0 Å². The molecule has 0 bridgehead atoms. The van der Waals surface area contributed by atoms with E-state index in [1.54, 1.807) is 0 Å². The number of phenols is 1. The van der Waals surface area contributed by atoms with Crippen molar-refractivity contribution in [1.82, 2.24) is 4.90 Å². The SMILES string of the molecule is CCCN(Cc1cc(Br)cc(Br)c1O)C1CCCCC1. The van der Waals surface area contributed by atoms with Gasteiger partial charge in [-0.05, 0) is 53.9 Å². The summed E-state index contributed by atoms with van der Waals surface area (Å²) in [6.07, 6.45) is 7.83. The molecule has 1 aromatic carbocycles. The summed E-state index contributed by atoms with van der Waals surface area (Å²) in [6.45, 7) is 4.17. The van der Waals surface area contributed by atoms with Crippen LogP contribution in [0.1, 0.15) is 51.0 Å². The summed E-state index contributed by atoms with van der Waals surface area (Å²) < 4.78 is 1.78. The quantitative estimate of drug-likeness (QED) is 0.703. The summed E-state index contributed by atoms with van der Waals surface area (Å²) in [5, 5.41) is 10.2. The van der Waals surface area contributed by atoms with E-state index in [4.69, 9.17) is 0 Å². The molecule has 0 aliphatic heterocycles. The molecule has 4 heteroatoms. The Hall–Kier alpha value is -0.0600. The molecule has 1 saturated carbocycles. The zero-order valence-corrected chi connectivity index (χ0v) is 15.2. The fourth-order valence-corrected chi connectivity index (χ4v) is 4.40. The highest BCUT2D eigenvalue weighted by atomic mass is 79.9. The van der Waals surface area contributed by atoms with Crippen molar-refractivity contribution in [2.75, 3.05) is 6.54 Å². The summed E-state index contributed by atoms with van der Waals surface area (Å²) >= 11 is 6.94. The minimum absolute atomic E-state index is 0.380. The summed E-state index contributed by atoms with van der Waals surface area (Å²) in [7, 11) is 0. The van der Waals surface area contributed by atoms with Gasteiger partial charge in [-0.15, -0.1) is 0 Å². The van der Waals surface area contributed by atoms with Gasteiger partial charge < -0.3 is 5.11 Å². The third-order valence-corrected chi connectivity index (χ3v) is 5.14. The maximum atomic E-state index is 10.2. The van der Waals surface area contributed by atoms with Gasteiger partial charge in [0, 0.05) is 22.6 Å². The molecule has 0 atom stereocenters. The number of aromatic hydroxyl groups is 1. The molecule has 20 heavy (non-hydrogen) atoms. The van der Waals surface area contributed by atoms with Crippen molar-refractivity contribution in [2.45, 2.75) is 58.0 Å². The summed E-state index contributed by atoms with van der Waals surface area (Å²) in [6, 6.07) is 4.61. The molecule has 2 nitrogen and oxygen atoms in total. The highest BCUT2D eigenvalue weighted by Crippen LogP contribution is 2.33. The van der Waals surface area contributed by atoms with Crippen LogP contribution in [-0.4, -0.2) is 22.6 Å². The van der Waals surface area contributed by atoms with Gasteiger partial charge in [0.05, 0.1) is 4.47 Å². The van der Waals surface area contributed by atoms with Gasteiger partial charge in [-0.3, -0.25) is 4.90 Å². The fourth-order valence-electron chi connectivity index (χ4n) is 3.08. The van der Waals surface area contributed by atoms with Crippen LogP contribution in [0.25, 0.3) is 0 Å². The summed E-state index contributed by atoms with van der Waals surface area (Å²) in [5.41, 5.74) is 1.00. The van der Waals surface area contributed by atoms with Gasteiger partial charge in [0.1, 0.15) is 5.75 Å². The third kappa shape index (κ3) is 4.22. The van der Waals surface area contributed by atoms with Crippen LogP contribution in [0, 0.1) is 0 Å². The van der Waals surface area contributed by atoms with E-state index in [0.717, 1.165) is 34.0 Å². The zero-order valence-electron chi connectivity index (χ0n) is 12.0. The Balaban J connectivity index is 2.14. The molecule has 1 aliphatic carbocycles. The second-order valence-electron chi connectivity index (χ2n) is 5.66. The molecule has 0 saturated heterocycles. The molecule has 112 valence electrons. The van der Waals surface area contributed by atoms with Gasteiger partial charge in [-0.1, -0.05) is 42.1 Å². The Morgan fingerprint density at radius 2 is 1.90 bits per heavy atom. The van der Waals surface area contributed by atoms with Crippen molar-refractivity contribution in [1.29, 1.82) is 0 Å². The lowest BCUT2D eigenvalue weighted by molar-refractivity contribution is 0.147. The average molecular weight is 405 g/mol. The van der Waals surface area contributed by atoms with Crippen LogP contribution in [0.4, 0.5) is 0 Å². The number of rotatable bonds is 5. The van der Waals surface area contributed by atoms with Crippen LogP contribution in [0.5, 0.6) is 5.75 Å². The first-order chi connectivity index (χ1) is 9.61. The first kappa shape index (κ1) is 16.3. The zero-order chi connectivity index (χ0) is 14.5. The van der Waals surface area contributed by atoms with Crippen LogP contribution in [-0.2, 0) is 6.54 Å². The molecular formula is C16H23Br2NO. The summed E-state index contributed by atoms with van der Waals surface area (Å²) in [5.74, 6) is 0.380. The number of hydrogen-bond acceptors (Lipinski definition) is 2. The fraction of sp³-hybridized carbons (Fsp3) is 0.625. The largest absolute Gasteiger partial charge is 0.506 e. The van der Waals surface area contributed by atoms with Gasteiger partial charge in [0.25, 0.3) is 0 Å². The van der Waals surface area contributed by atoms with Crippen LogP contribution in [0.3, 0.4) is 0 Å².